The zero-order valence-electron chi connectivity index (χ0n) is 10.7. The number of para-hydroxylation sites is 2. The van der Waals surface area contributed by atoms with Gasteiger partial charge in [0.2, 0.25) is 5.91 Å². The third-order valence-electron chi connectivity index (χ3n) is 3.76. The molecule has 1 aliphatic carbocycles. The Labute approximate surface area is 108 Å². The van der Waals surface area contributed by atoms with Gasteiger partial charge in [-0.3, -0.25) is 4.79 Å². The van der Waals surface area contributed by atoms with E-state index in [0.29, 0.717) is 12.6 Å². The number of hydrogen-bond acceptors (Lipinski definition) is 3. The van der Waals surface area contributed by atoms with Crippen molar-refractivity contribution >= 4 is 17.3 Å². The second-order valence-corrected chi connectivity index (χ2v) is 5.10. The molecule has 96 valence electrons. The Morgan fingerprint density at radius 1 is 1.44 bits per heavy atom. The van der Waals surface area contributed by atoms with Crippen LogP contribution in [0.25, 0.3) is 0 Å². The number of benzene rings is 1. The summed E-state index contributed by atoms with van der Waals surface area (Å²) in [5.74, 6) is 0.231. The number of carbonyl (C=O) groups is 1. The van der Waals surface area contributed by atoms with Crippen LogP contribution in [0.1, 0.15) is 12.8 Å². The fourth-order valence-corrected chi connectivity index (χ4v) is 2.45. The van der Waals surface area contributed by atoms with Gasteiger partial charge in [-0.2, -0.15) is 0 Å². The first kappa shape index (κ1) is 11.4. The highest BCUT2D eigenvalue weighted by atomic mass is 16.2. The second-order valence-electron chi connectivity index (χ2n) is 5.10. The van der Waals surface area contributed by atoms with Crippen molar-refractivity contribution in [3.05, 3.63) is 24.3 Å². The van der Waals surface area contributed by atoms with Gasteiger partial charge in [0, 0.05) is 26.2 Å². The predicted molar refractivity (Wildman–Crippen MR) is 72.9 cm³/mol. The smallest absolute Gasteiger partial charge is 0.242 e. The highest BCUT2D eigenvalue weighted by Crippen LogP contribution is 2.29. The quantitative estimate of drug-likeness (QED) is 0.877. The zero-order chi connectivity index (χ0) is 12.5. The van der Waals surface area contributed by atoms with Crippen LogP contribution >= 0.6 is 0 Å². The molecule has 0 spiro atoms. The number of rotatable bonds is 3. The largest absolute Gasteiger partial charge is 0.382 e. The van der Waals surface area contributed by atoms with Gasteiger partial charge in [0.05, 0.1) is 17.9 Å². The zero-order valence-corrected chi connectivity index (χ0v) is 10.7. The molecule has 1 saturated carbocycles. The lowest BCUT2D eigenvalue weighted by Gasteiger charge is -2.32. The van der Waals surface area contributed by atoms with Crippen LogP contribution < -0.4 is 10.2 Å². The van der Waals surface area contributed by atoms with Gasteiger partial charge in [-0.1, -0.05) is 12.1 Å². The number of carbonyl (C=O) groups excluding carboxylic acids is 1. The molecule has 1 fully saturated rings. The Kier molecular flexibility index (Phi) is 2.86. The van der Waals surface area contributed by atoms with Gasteiger partial charge in [-0.15, -0.1) is 0 Å². The monoisotopic (exact) mass is 245 g/mol. The van der Waals surface area contributed by atoms with Gasteiger partial charge < -0.3 is 15.1 Å². The van der Waals surface area contributed by atoms with E-state index in [1.807, 2.05) is 24.1 Å². The SMILES string of the molecule is CN(C(=O)CN1CCNc2ccccc21)C1CC1. The van der Waals surface area contributed by atoms with Crippen LogP contribution in [0, 0.1) is 0 Å². The summed E-state index contributed by atoms with van der Waals surface area (Å²) in [4.78, 5) is 16.2. The molecule has 1 amide bonds. The molecule has 0 saturated heterocycles. The number of fused-ring (bicyclic) bond motifs is 1. The molecule has 4 heteroatoms. The van der Waals surface area contributed by atoms with E-state index in [1.54, 1.807) is 0 Å². The first-order valence-electron chi connectivity index (χ1n) is 6.59. The summed E-state index contributed by atoms with van der Waals surface area (Å²) in [6.07, 6.45) is 2.33. The molecule has 0 radical (unpaired) electrons. The third-order valence-corrected chi connectivity index (χ3v) is 3.76. The predicted octanol–water partition coefficient (Wildman–Crippen LogP) is 1.54. The van der Waals surface area contributed by atoms with E-state index in [0.717, 1.165) is 24.5 Å². The number of hydrogen-bond donors (Lipinski definition) is 1. The number of likely N-dealkylation sites (N-methyl/N-ethyl adjacent to an activating group) is 1. The number of nitrogens with zero attached hydrogens (tertiary/aromatic N) is 2. The molecule has 0 atom stereocenters. The topological polar surface area (TPSA) is 35.6 Å². The molecule has 2 aliphatic rings. The maximum atomic E-state index is 12.2. The first-order chi connectivity index (χ1) is 8.75. The van der Waals surface area contributed by atoms with Crippen molar-refractivity contribution in [3.63, 3.8) is 0 Å². The van der Waals surface area contributed by atoms with Gasteiger partial charge in [0.1, 0.15) is 0 Å². The maximum absolute atomic E-state index is 12.2. The summed E-state index contributed by atoms with van der Waals surface area (Å²) in [7, 11) is 1.92. The van der Waals surface area contributed by atoms with E-state index >= 15 is 0 Å². The molecule has 0 bridgehead atoms. The lowest BCUT2D eigenvalue weighted by Crippen LogP contribution is -2.43. The summed E-state index contributed by atoms with van der Waals surface area (Å²) in [6.45, 7) is 2.28. The summed E-state index contributed by atoms with van der Waals surface area (Å²) in [5, 5.41) is 3.36. The summed E-state index contributed by atoms with van der Waals surface area (Å²) < 4.78 is 0. The fourth-order valence-electron chi connectivity index (χ4n) is 2.45. The molecule has 0 aromatic heterocycles. The van der Waals surface area contributed by atoms with Crippen LogP contribution in [0.5, 0.6) is 0 Å². The second kappa shape index (κ2) is 4.52. The Morgan fingerprint density at radius 2 is 2.22 bits per heavy atom. The fraction of sp³-hybridized carbons (Fsp3) is 0.500. The van der Waals surface area contributed by atoms with Gasteiger partial charge in [0.25, 0.3) is 0 Å². The number of nitrogens with one attached hydrogen (secondary N) is 1. The highest BCUT2D eigenvalue weighted by Gasteiger charge is 2.30. The molecule has 4 nitrogen and oxygen atoms in total. The van der Waals surface area contributed by atoms with Gasteiger partial charge in [0.15, 0.2) is 0 Å². The highest BCUT2D eigenvalue weighted by molar-refractivity contribution is 5.84. The van der Waals surface area contributed by atoms with Crippen molar-refractivity contribution in [2.75, 3.05) is 36.9 Å². The van der Waals surface area contributed by atoms with Crippen LogP contribution in [0.2, 0.25) is 0 Å². The van der Waals surface area contributed by atoms with Crippen LogP contribution in [-0.4, -0.2) is 43.5 Å². The number of anilines is 2. The molecule has 0 unspecified atom stereocenters. The van der Waals surface area contributed by atoms with Crippen molar-refractivity contribution in [2.45, 2.75) is 18.9 Å². The molecule has 1 heterocycles. The van der Waals surface area contributed by atoms with Crippen LogP contribution in [0.3, 0.4) is 0 Å². The first-order valence-corrected chi connectivity index (χ1v) is 6.59. The van der Waals surface area contributed by atoms with Crippen LogP contribution in [0.4, 0.5) is 11.4 Å². The molecule has 1 N–H and O–H groups in total. The van der Waals surface area contributed by atoms with Crippen molar-refractivity contribution in [1.29, 1.82) is 0 Å². The Balaban J connectivity index is 1.72. The number of amides is 1. The molecular formula is C14H19N3O. The van der Waals surface area contributed by atoms with Crippen molar-refractivity contribution < 1.29 is 4.79 Å². The standard InChI is InChI=1S/C14H19N3O/c1-16(11-6-7-11)14(18)10-17-9-8-15-12-4-2-3-5-13(12)17/h2-5,11,15H,6-10H2,1H3. The van der Waals surface area contributed by atoms with E-state index in [-0.39, 0.29) is 5.91 Å². The van der Waals surface area contributed by atoms with Crippen molar-refractivity contribution in [2.24, 2.45) is 0 Å². The normalized spacial score (nSPS) is 17.9. The third kappa shape index (κ3) is 2.15. The Hall–Kier alpha value is -1.71. The Morgan fingerprint density at radius 3 is 3.00 bits per heavy atom. The average molecular weight is 245 g/mol. The van der Waals surface area contributed by atoms with E-state index in [1.165, 1.54) is 12.8 Å². The average Bonchev–Trinajstić information content (AvgIpc) is 3.22. The van der Waals surface area contributed by atoms with Crippen molar-refractivity contribution in [3.8, 4) is 0 Å². The molecule has 1 aromatic carbocycles. The van der Waals surface area contributed by atoms with Gasteiger partial charge in [-0.25, -0.2) is 0 Å². The summed E-state index contributed by atoms with van der Waals surface area (Å²) in [6, 6.07) is 8.68. The molecule has 18 heavy (non-hydrogen) atoms. The minimum Gasteiger partial charge on any atom is -0.382 e. The minimum absolute atomic E-state index is 0.231. The van der Waals surface area contributed by atoms with Crippen molar-refractivity contribution in [1.82, 2.24) is 4.90 Å². The molecule has 1 aliphatic heterocycles. The van der Waals surface area contributed by atoms with E-state index in [2.05, 4.69) is 22.3 Å². The van der Waals surface area contributed by atoms with Gasteiger partial charge >= 0.3 is 0 Å². The molecular weight excluding hydrogens is 226 g/mol. The van der Waals surface area contributed by atoms with E-state index in [9.17, 15) is 4.79 Å². The Bertz CT molecular complexity index is 456. The molecule has 3 rings (SSSR count). The summed E-state index contributed by atoms with van der Waals surface area (Å²) in [5.41, 5.74) is 2.27. The van der Waals surface area contributed by atoms with E-state index in [4.69, 9.17) is 0 Å². The van der Waals surface area contributed by atoms with Crippen LogP contribution in [-0.2, 0) is 4.79 Å². The maximum Gasteiger partial charge on any atom is 0.242 e. The van der Waals surface area contributed by atoms with E-state index < -0.39 is 0 Å². The summed E-state index contributed by atoms with van der Waals surface area (Å²) >= 11 is 0. The van der Waals surface area contributed by atoms with Gasteiger partial charge in [-0.05, 0) is 25.0 Å². The lowest BCUT2D eigenvalue weighted by molar-refractivity contribution is -0.128. The minimum atomic E-state index is 0.231. The molecule has 1 aromatic rings. The van der Waals surface area contributed by atoms with Crippen LogP contribution in [0.15, 0.2) is 24.3 Å². The lowest BCUT2D eigenvalue weighted by atomic mass is 10.2.